The van der Waals surface area contributed by atoms with Gasteiger partial charge in [0, 0.05) is 0 Å². The molecule has 0 bridgehead atoms. The van der Waals surface area contributed by atoms with Crippen molar-refractivity contribution >= 4 is 69.6 Å². The monoisotopic (exact) mass is 1140 g/mol. The fraction of sp³-hybridized carbons (Fsp3) is 0.100. The molecular weight excluding hydrogens is 1100 g/mol. The molecule has 352 valence electrons. The molecule has 64 heavy (non-hydrogen) atoms. The molecule has 0 saturated heterocycles. The van der Waals surface area contributed by atoms with Gasteiger partial charge in [-0.3, -0.25) is 0 Å². The molecule has 6 rings (SSSR count). The first-order valence-electron chi connectivity index (χ1n) is 17.4. The van der Waals surface area contributed by atoms with Crippen LogP contribution in [0.3, 0.4) is 0 Å². The molecule has 0 fully saturated rings. The molecule has 0 spiro atoms. The molecule has 24 heteroatoms. The van der Waals surface area contributed by atoms with E-state index < -0.39 is 68.5 Å². The van der Waals surface area contributed by atoms with Crippen LogP contribution < -0.4 is 40.2 Å². The molecule has 0 heterocycles. The molecule has 0 aromatic heterocycles. The molecule has 0 radical (unpaired) electrons. The Morgan fingerprint density at radius 3 is 0.562 bits per heavy atom. The van der Waals surface area contributed by atoms with E-state index in [0.717, 1.165) is 12.3 Å². The maximum atomic E-state index is 10.3. The second-order valence-electron chi connectivity index (χ2n) is 11.9. The summed E-state index contributed by atoms with van der Waals surface area (Å²) in [6.07, 6.45) is 1.96. The fourth-order valence-electron chi connectivity index (χ4n) is 6.02. The first-order chi connectivity index (χ1) is 29.8. The SMILES string of the molecule is ClCC[P+](c1ccccc1)(c1ccccc1)c1ccccc1.ClCC[P+](c1ccccc1)(c1ccccc1)c1ccccc1.[O]=[Mn](=[O])([O-])[F].[O]=[Mn](=[O])([O-])[F].[O]=[Mn](=[O])([OH])[F].[O]=[Mn](=[O])([OH])[F]. The topological polar surface area (TPSA) is 223 Å². The quantitative estimate of drug-likeness (QED) is 0.0734. The number of alkyl halides is 2. The van der Waals surface area contributed by atoms with Gasteiger partial charge in [0.25, 0.3) is 0 Å². The standard InChI is InChI=1S/2C20H19ClP.4FH.4Mn.2H2O.10O/c2*21-16-17-22(18-10-4-1-5-11-18,19-12-6-2-7-13-19)20-14-8-3-9-15-20;;;;;;;;;;;;;;;;;;;;/h2*1-15H,16-17H2;4*1H;;;;;2*1H2;;;;;;;;;;/q2*+1;;;;;2*+1;2*+2;;;;;;;;;;;2*-1/p-6. The zero-order valence-electron chi connectivity index (χ0n) is 32.8. The molecule has 0 aliphatic heterocycles. The normalized spacial score (nSPS) is 11.4. The molecule has 0 aliphatic carbocycles. The average Bonchev–Trinajstić information content (AvgIpc) is 3.22. The van der Waals surface area contributed by atoms with E-state index in [-0.39, 0.29) is 0 Å². The van der Waals surface area contributed by atoms with Crippen molar-refractivity contribution in [2.24, 2.45) is 0 Å². The summed E-state index contributed by atoms with van der Waals surface area (Å²) in [5.74, 6) is 1.32. The third-order valence-electron chi connectivity index (χ3n) is 8.02. The van der Waals surface area contributed by atoms with Gasteiger partial charge in [-0.05, 0) is 72.8 Å². The van der Waals surface area contributed by atoms with E-state index in [9.17, 15) is 14.2 Å². The molecule has 0 saturated carbocycles. The summed E-state index contributed by atoms with van der Waals surface area (Å²) < 4.78 is 140. The van der Waals surface area contributed by atoms with Gasteiger partial charge in [-0.2, -0.15) is 0 Å². The third kappa shape index (κ3) is 24.9. The Balaban J connectivity index is 0.000000452. The molecule has 12 nitrogen and oxygen atoms in total. The van der Waals surface area contributed by atoms with Gasteiger partial charge >= 0.3 is 116 Å². The van der Waals surface area contributed by atoms with Gasteiger partial charge < -0.3 is 0 Å². The Morgan fingerprint density at radius 1 is 0.359 bits per heavy atom. The Kier molecular flexibility index (Phi) is 26.4. The first-order valence-corrected chi connectivity index (χ1v) is 30.1. The molecule has 2 N–H and O–H groups in total. The van der Waals surface area contributed by atoms with Crippen LogP contribution in [0.4, 0.5) is 14.2 Å². The van der Waals surface area contributed by atoms with Crippen LogP contribution in [-0.4, -0.2) is 32.5 Å². The number of halogens is 6. The van der Waals surface area contributed by atoms with E-state index in [0.29, 0.717) is 11.8 Å². The van der Waals surface area contributed by atoms with Gasteiger partial charge in [-0.25, -0.2) is 0 Å². The van der Waals surface area contributed by atoms with Crippen molar-refractivity contribution in [1.82, 2.24) is 0 Å². The summed E-state index contributed by atoms with van der Waals surface area (Å²) in [7, 11) is -3.37. The molecule has 6 aromatic rings. The Hall–Kier alpha value is -3.20. The molecule has 0 aliphatic rings. The number of hydrogen-bond donors (Lipinski definition) is 2. The molecule has 0 atom stereocenters. The van der Waals surface area contributed by atoms with Gasteiger partial charge in [-0.15, -0.1) is 23.2 Å². The van der Waals surface area contributed by atoms with Crippen LogP contribution in [0, 0.1) is 0 Å². The maximum absolute atomic E-state index is 10.3. The Bertz CT molecular complexity index is 2200. The van der Waals surface area contributed by atoms with Crippen LogP contribution in [0.25, 0.3) is 0 Å². The van der Waals surface area contributed by atoms with Gasteiger partial charge in [0.2, 0.25) is 0 Å². The minimum atomic E-state index is -5.88. The zero-order valence-corrected chi connectivity index (χ0v) is 40.8. The second kappa shape index (κ2) is 28.8. The van der Waals surface area contributed by atoms with Crippen molar-refractivity contribution in [1.29, 1.82) is 0 Å². The van der Waals surface area contributed by atoms with E-state index in [4.69, 9.17) is 70.6 Å². The van der Waals surface area contributed by atoms with Crippen LogP contribution in [0.15, 0.2) is 182 Å². The predicted molar refractivity (Wildman–Crippen MR) is 216 cm³/mol. The Labute approximate surface area is 388 Å². The van der Waals surface area contributed by atoms with E-state index in [1.807, 2.05) is 0 Å². The fourth-order valence-corrected chi connectivity index (χ4v) is 15.5. The van der Waals surface area contributed by atoms with Crippen molar-refractivity contribution in [3.05, 3.63) is 182 Å². The molecule has 0 unspecified atom stereocenters. The van der Waals surface area contributed by atoms with Crippen LogP contribution in [0.1, 0.15) is 0 Å². The molecular formula is C40H40Cl2F4Mn4O12P2. The van der Waals surface area contributed by atoms with E-state index in [1.54, 1.807) is 0 Å². The van der Waals surface area contributed by atoms with Crippen LogP contribution in [-0.2, 0) is 84.6 Å². The third-order valence-corrected chi connectivity index (χ3v) is 17.8. The molecule has 6 aromatic carbocycles. The van der Waals surface area contributed by atoms with Gasteiger partial charge in [0.05, 0.1) is 24.1 Å². The summed E-state index contributed by atoms with van der Waals surface area (Å²) in [5, 5.41) is 8.38. The first kappa shape index (κ1) is 58.8. The number of benzene rings is 6. The predicted octanol–water partition coefficient (Wildman–Crippen LogP) is 5.67. The summed E-state index contributed by atoms with van der Waals surface area (Å²) >= 11 is -10.5. The summed E-state index contributed by atoms with van der Waals surface area (Å²) in [6.45, 7) is 0. The number of rotatable bonds is 10. The molecule has 0 amide bonds. The van der Waals surface area contributed by atoms with E-state index in [1.165, 1.54) is 31.8 Å². The van der Waals surface area contributed by atoms with Crippen LogP contribution >= 0.6 is 37.7 Å². The van der Waals surface area contributed by atoms with Crippen molar-refractivity contribution in [2.75, 3.05) is 24.1 Å². The van der Waals surface area contributed by atoms with Crippen molar-refractivity contribution in [2.45, 2.75) is 0 Å². The minimum absolute atomic E-state index is 0.659. The van der Waals surface area contributed by atoms with Crippen LogP contribution in [0.2, 0.25) is 0 Å². The summed E-state index contributed by atoms with van der Waals surface area (Å²) in [5.41, 5.74) is 0. The average molecular weight is 1140 g/mol. The second-order valence-corrected chi connectivity index (χ2v) is 24.6. The van der Waals surface area contributed by atoms with Gasteiger partial charge in [0.15, 0.2) is 0 Å². The number of hydrogen-bond acceptors (Lipinski definition) is 10. The van der Waals surface area contributed by atoms with Crippen molar-refractivity contribution in [3.8, 4) is 0 Å². The van der Waals surface area contributed by atoms with Gasteiger partial charge in [0.1, 0.15) is 46.4 Å². The Morgan fingerprint density at radius 2 is 0.469 bits per heavy atom. The summed E-state index contributed by atoms with van der Waals surface area (Å²) in [6, 6.07) is 65.0. The zero-order chi connectivity index (χ0) is 48.5. The van der Waals surface area contributed by atoms with Crippen molar-refractivity contribution in [3.63, 3.8) is 0 Å². The van der Waals surface area contributed by atoms with Crippen molar-refractivity contribution < 1.29 is 116 Å². The van der Waals surface area contributed by atoms with Gasteiger partial charge in [-0.1, -0.05) is 109 Å². The summed E-state index contributed by atoms with van der Waals surface area (Å²) in [4.78, 5) is 0. The van der Waals surface area contributed by atoms with Crippen LogP contribution in [0.5, 0.6) is 0 Å². The van der Waals surface area contributed by atoms with E-state index in [2.05, 4.69) is 182 Å². The van der Waals surface area contributed by atoms with E-state index >= 15 is 0 Å².